The Balaban J connectivity index is 1.78. The highest BCUT2D eigenvalue weighted by Crippen LogP contribution is 2.29. The zero-order valence-electron chi connectivity index (χ0n) is 11.7. The van der Waals surface area contributed by atoms with Gasteiger partial charge in [-0.2, -0.15) is 13.2 Å². The van der Waals surface area contributed by atoms with Gasteiger partial charge in [-0.05, 0) is 48.5 Å². The van der Waals surface area contributed by atoms with E-state index < -0.39 is 11.7 Å². The Morgan fingerprint density at radius 2 is 1.59 bits per heavy atom. The molecule has 22 heavy (non-hydrogen) atoms. The summed E-state index contributed by atoms with van der Waals surface area (Å²) in [5.74, 6) is 0. The van der Waals surface area contributed by atoms with Gasteiger partial charge < -0.3 is 10.6 Å². The first-order chi connectivity index (χ1) is 10.4. The van der Waals surface area contributed by atoms with E-state index in [1.807, 2.05) is 30.3 Å². The minimum atomic E-state index is -4.29. The van der Waals surface area contributed by atoms with E-state index in [-0.39, 0.29) is 0 Å². The second-order valence-corrected chi connectivity index (χ2v) is 5.10. The molecular formula is C16H15F3N2S. The lowest BCUT2D eigenvalue weighted by molar-refractivity contribution is -0.137. The molecule has 0 saturated heterocycles. The van der Waals surface area contributed by atoms with Crippen LogP contribution in [0.1, 0.15) is 11.1 Å². The first kappa shape index (κ1) is 16.3. The Bertz CT molecular complexity index is 610. The Labute approximate surface area is 132 Å². The Morgan fingerprint density at radius 1 is 0.955 bits per heavy atom. The predicted molar refractivity (Wildman–Crippen MR) is 85.8 cm³/mol. The van der Waals surface area contributed by atoms with Crippen LogP contribution < -0.4 is 10.6 Å². The van der Waals surface area contributed by atoms with Gasteiger partial charge in [-0.1, -0.05) is 30.3 Å². The SMILES string of the molecule is FC(F)(F)c1ccc(CCNC(=S)Nc2ccccc2)cc1. The van der Waals surface area contributed by atoms with Crippen molar-refractivity contribution >= 4 is 23.0 Å². The molecule has 2 nitrogen and oxygen atoms in total. The molecular weight excluding hydrogens is 309 g/mol. The van der Waals surface area contributed by atoms with E-state index in [0.717, 1.165) is 23.4 Å². The zero-order chi connectivity index (χ0) is 16.0. The van der Waals surface area contributed by atoms with E-state index in [9.17, 15) is 13.2 Å². The topological polar surface area (TPSA) is 24.1 Å². The van der Waals surface area contributed by atoms with Gasteiger partial charge in [0.25, 0.3) is 0 Å². The normalized spacial score (nSPS) is 11.0. The highest BCUT2D eigenvalue weighted by Gasteiger charge is 2.29. The van der Waals surface area contributed by atoms with Crippen LogP contribution in [0.3, 0.4) is 0 Å². The van der Waals surface area contributed by atoms with Crippen molar-refractivity contribution in [2.24, 2.45) is 0 Å². The summed E-state index contributed by atoms with van der Waals surface area (Å²) in [6.07, 6.45) is -3.70. The summed E-state index contributed by atoms with van der Waals surface area (Å²) in [4.78, 5) is 0. The Hall–Kier alpha value is -2.08. The highest BCUT2D eigenvalue weighted by molar-refractivity contribution is 7.80. The standard InChI is InChI=1S/C16H15F3N2S/c17-16(18,19)13-8-6-12(7-9-13)10-11-20-15(22)21-14-4-2-1-3-5-14/h1-9H,10-11H2,(H2,20,21,22). The van der Waals surface area contributed by atoms with Crippen molar-refractivity contribution in [1.82, 2.24) is 5.32 Å². The average molecular weight is 324 g/mol. The molecule has 2 aromatic carbocycles. The van der Waals surface area contributed by atoms with Crippen LogP contribution >= 0.6 is 12.2 Å². The number of halogens is 3. The van der Waals surface area contributed by atoms with Crippen LogP contribution in [0, 0.1) is 0 Å². The van der Waals surface area contributed by atoms with Gasteiger partial charge in [0, 0.05) is 12.2 Å². The van der Waals surface area contributed by atoms with Crippen LogP contribution in [0.25, 0.3) is 0 Å². The molecule has 0 bridgehead atoms. The molecule has 6 heteroatoms. The van der Waals surface area contributed by atoms with Gasteiger partial charge in [-0.15, -0.1) is 0 Å². The molecule has 2 aromatic rings. The molecule has 0 atom stereocenters. The molecule has 2 rings (SSSR count). The summed E-state index contributed by atoms with van der Waals surface area (Å²) >= 11 is 5.15. The average Bonchev–Trinajstić information content (AvgIpc) is 2.48. The van der Waals surface area contributed by atoms with E-state index in [1.54, 1.807) is 0 Å². The Kier molecular flexibility index (Phi) is 5.38. The number of para-hydroxylation sites is 1. The maximum absolute atomic E-state index is 12.4. The highest BCUT2D eigenvalue weighted by atomic mass is 32.1. The van der Waals surface area contributed by atoms with Gasteiger partial charge in [-0.3, -0.25) is 0 Å². The lowest BCUT2D eigenvalue weighted by atomic mass is 10.1. The predicted octanol–water partition coefficient (Wildman–Crippen LogP) is 4.23. The number of alkyl halides is 3. The number of nitrogens with one attached hydrogen (secondary N) is 2. The largest absolute Gasteiger partial charge is 0.416 e. The fourth-order valence-electron chi connectivity index (χ4n) is 1.88. The molecule has 0 amide bonds. The van der Waals surface area contributed by atoms with Crippen molar-refractivity contribution in [2.45, 2.75) is 12.6 Å². The molecule has 0 aliphatic rings. The fourth-order valence-corrected chi connectivity index (χ4v) is 2.10. The van der Waals surface area contributed by atoms with Crippen molar-refractivity contribution in [3.63, 3.8) is 0 Å². The molecule has 0 saturated carbocycles. The van der Waals surface area contributed by atoms with Gasteiger partial charge in [0.05, 0.1) is 5.56 Å². The van der Waals surface area contributed by atoms with Crippen LogP contribution in [-0.4, -0.2) is 11.7 Å². The first-order valence-corrected chi connectivity index (χ1v) is 7.12. The number of thiocarbonyl (C=S) groups is 1. The minimum absolute atomic E-state index is 0.484. The number of hydrogen-bond acceptors (Lipinski definition) is 1. The smallest absolute Gasteiger partial charge is 0.362 e. The van der Waals surface area contributed by atoms with Crippen molar-refractivity contribution in [2.75, 3.05) is 11.9 Å². The van der Waals surface area contributed by atoms with Crippen molar-refractivity contribution in [3.8, 4) is 0 Å². The maximum Gasteiger partial charge on any atom is 0.416 e. The monoisotopic (exact) mass is 324 g/mol. The Morgan fingerprint density at radius 3 is 2.18 bits per heavy atom. The maximum atomic E-state index is 12.4. The quantitative estimate of drug-likeness (QED) is 0.823. The second-order valence-electron chi connectivity index (χ2n) is 4.69. The van der Waals surface area contributed by atoms with E-state index in [0.29, 0.717) is 18.1 Å². The van der Waals surface area contributed by atoms with Crippen LogP contribution in [0.5, 0.6) is 0 Å². The molecule has 2 N–H and O–H groups in total. The molecule has 0 unspecified atom stereocenters. The molecule has 0 aliphatic carbocycles. The lowest BCUT2D eigenvalue weighted by Crippen LogP contribution is -2.30. The fraction of sp³-hybridized carbons (Fsp3) is 0.188. The van der Waals surface area contributed by atoms with Gasteiger partial charge in [0.1, 0.15) is 0 Å². The zero-order valence-corrected chi connectivity index (χ0v) is 12.5. The van der Waals surface area contributed by atoms with Crippen LogP contribution in [0.2, 0.25) is 0 Å². The van der Waals surface area contributed by atoms with Gasteiger partial charge in [0.15, 0.2) is 5.11 Å². The molecule has 0 fully saturated rings. The van der Waals surface area contributed by atoms with Gasteiger partial charge in [-0.25, -0.2) is 0 Å². The van der Waals surface area contributed by atoms with E-state index >= 15 is 0 Å². The van der Waals surface area contributed by atoms with Crippen molar-refractivity contribution in [3.05, 3.63) is 65.7 Å². The van der Waals surface area contributed by atoms with Gasteiger partial charge >= 0.3 is 6.18 Å². The minimum Gasteiger partial charge on any atom is -0.362 e. The number of anilines is 1. The van der Waals surface area contributed by atoms with E-state index in [1.165, 1.54) is 12.1 Å². The van der Waals surface area contributed by atoms with Crippen LogP contribution in [-0.2, 0) is 12.6 Å². The summed E-state index contributed by atoms with van der Waals surface area (Å²) in [6, 6.07) is 14.6. The molecule has 0 aromatic heterocycles. The summed E-state index contributed by atoms with van der Waals surface area (Å²) in [5, 5.41) is 6.54. The third-order valence-corrected chi connectivity index (χ3v) is 3.26. The number of rotatable bonds is 4. The molecule has 0 aliphatic heterocycles. The molecule has 116 valence electrons. The summed E-state index contributed by atoms with van der Waals surface area (Å²) in [6.45, 7) is 0.546. The van der Waals surface area contributed by atoms with Crippen molar-refractivity contribution in [1.29, 1.82) is 0 Å². The third-order valence-electron chi connectivity index (χ3n) is 3.01. The van der Waals surface area contributed by atoms with E-state index in [2.05, 4.69) is 10.6 Å². The second kappa shape index (κ2) is 7.26. The molecule has 0 spiro atoms. The van der Waals surface area contributed by atoms with Crippen molar-refractivity contribution < 1.29 is 13.2 Å². The summed E-state index contributed by atoms with van der Waals surface area (Å²) in [7, 11) is 0. The molecule has 0 radical (unpaired) electrons. The molecule has 0 heterocycles. The first-order valence-electron chi connectivity index (χ1n) is 6.71. The van der Waals surface area contributed by atoms with E-state index in [4.69, 9.17) is 12.2 Å². The third kappa shape index (κ3) is 5.04. The van der Waals surface area contributed by atoms with Crippen LogP contribution in [0.15, 0.2) is 54.6 Å². The lowest BCUT2D eigenvalue weighted by Gasteiger charge is -2.11. The van der Waals surface area contributed by atoms with Gasteiger partial charge in [0.2, 0.25) is 0 Å². The summed E-state index contributed by atoms with van der Waals surface area (Å²) < 4.78 is 37.3. The summed E-state index contributed by atoms with van der Waals surface area (Å²) in [5.41, 5.74) is 1.07. The number of benzene rings is 2. The number of hydrogen-bond donors (Lipinski definition) is 2. The van der Waals surface area contributed by atoms with Crippen LogP contribution in [0.4, 0.5) is 18.9 Å².